The van der Waals surface area contributed by atoms with E-state index in [0.717, 1.165) is 35.3 Å². The number of amides is 1. The smallest absolute Gasteiger partial charge is 0.338 e. The fourth-order valence-electron chi connectivity index (χ4n) is 6.56. The van der Waals surface area contributed by atoms with Gasteiger partial charge in [-0.3, -0.25) is 9.59 Å². The van der Waals surface area contributed by atoms with Crippen LogP contribution in [0, 0.1) is 5.92 Å². The van der Waals surface area contributed by atoms with Gasteiger partial charge in [0.05, 0.1) is 30.3 Å². The molecule has 0 aromatic heterocycles. The van der Waals surface area contributed by atoms with E-state index in [0.29, 0.717) is 44.6 Å². The number of carbonyl (C=O) groups excluding carboxylic acids is 3. The molecule has 54 heavy (non-hydrogen) atoms. The number of hydrogen-bond acceptors (Lipinski definition) is 7. The zero-order chi connectivity index (χ0) is 37.5. The van der Waals surface area contributed by atoms with Crippen LogP contribution in [0.4, 0.5) is 0 Å². The predicted octanol–water partition coefficient (Wildman–Crippen LogP) is 9.15. The van der Waals surface area contributed by atoms with Crippen LogP contribution in [0.25, 0.3) is 11.1 Å². The summed E-state index contributed by atoms with van der Waals surface area (Å²) >= 11 is 0. The highest BCUT2D eigenvalue weighted by molar-refractivity contribution is 6.00. The average molecular weight is 726 g/mol. The van der Waals surface area contributed by atoms with Crippen molar-refractivity contribution in [2.75, 3.05) is 13.2 Å². The quantitative estimate of drug-likeness (QED) is 0.0800. The zero-order valence-corrected chi connectivity index (χ0v) is 30.7. The Hall–Kier alpha value is -5.89. The summed E-state index contributed by atoms with van der Waals surface area (Å²) < 4.78 is 22.9. The van der Waals surface area contributed by atoms with Gasteiger partial charge in [0.2, 0.25) is 0 Å². The molecule has 0 atom stereocenters. The highest BCUT2D eigenvalue weighted by atomic mass is 16.5. The third kappa shape index (κ3) is 10.8. The molecule has 5 aromatic carbocycles. The first-order valence-corrected chi connectivity index (χ1v) is 18.8. The lowest BCUT2D eigenvalue weighted by molar-refractivity contribution is -0.151. The molecule has 0 heterocycles. The lowest BCUT2D eigenvalue weighted by Gasteiger charge is -2.28. The second-order valence-corrected chi connectivity index (χ2v) is 13.5. The summed E-state index contributed by atoms with van der Waals surface area (Å²) in [5.74, 6) is -0.0166. The molecule has 1 N–H and O–H groups in total. The fraction of sp³-hybridized carbons (Fsp3) is 0.283. The van der Waals surface area contributed by atoms with Gasteiger partial charge < -0.3 is 24.3 Å². The van der Waals surface area contributed by atoms with Crippen molar-refractivity contribution in [3.63, 3.8) is 0 Å². The summed E-state index contributed by atoms with van der Waals surface area (Å²) in [4.78, 5) is 38.8. The molecule has 0 saturated heterocycles. The summed E-state index contributed by atoms with van der Waals surface area (Å²) in [5, 5.41) is 3.11. The topological polar surface area (TPSA) is 100 Å². The summed E-state index contributed by atoms with van der Waals surface area (Å²) in [5.41, 5.74) is 6.13. The average Bonchev–Trinajstić information content (AvgIpc) is 3.22. The second kappa shape index (κ2) is 19.3. The van der Waals surface area contributed by atoms with Crippen LogP contribution in [-0.4, -0.2) is 37.1 Å². The SMILES string of the molecule is CCOC(=O)c1ccc(OCCCc2ccc(OCc3ccc(-c4ccccc4)cc3)cc2)c(C(=O)NC2CCC(C(=O)OCc3ccccc3)CC2)c1. The van der Waals surface area contributed by atoms with Gasteiger partial charge in [-0.1, -0.05) is 97.1 Å². The number of aryl methyl sites for hydroxylation is 1. The number of rotatable bonds is 16. The maximum absolute atomic E-state index is 13.6. The van der Waals surface area contributed by atoms with E-state index in [-0.39, 0.29) is 48.2 Å². The molecule has 0 aliphatic heterocycles. The normalized spacial score (nSPS) is 15.1. The van der Waals surface area contributed by atoms with Crippen molar-refractivity contribution in [2.45, 2.75) is 64.7 Å². The van der Waals surface area contributed by atoms with Crippen LogP contribution in [0.5, 0.6) is 11.5 Å². The second-order valence-electron chi connectivity index (χ2n) is 13.5. The van der Waals surface area contributed by atoms with Gasteiger partial charge in [0.1, 0.15) is 24.7 Å². The first kappa shape index (κ1) is 37.9. The zero-order valence-electron chi connectivity index (χ0n) is 30.7. The van der Waals surface area contributed by atoms with Crippen molar-refractivity contribution in [3.05, 3.63) is 155 Å². The number of hydrogen-bond donors (Lipinski definition) is 1. The van der Waals surface area contributed by atoms with Crippen molar-refractivity contribution in [1.82, 2.24) is 5.32 Å². The van der Waals surface area contributed by atoms with Crippen molar-refractivity contribution in [1.29, 1.82) is 0 Å². The highest BCUT2D eigenvalue weighted by Gasteiger charge is 2.29. The van der Waals surface area contributed by atoms with E-state index in [1.165, 1.54) is 17.2 Å². The summed E-state index contributed by atoms with van der Waals surface area (Å²) in [6.45, 7) is 3.09. The van der Waals surface area contributed by atoms with E-state index in [1.807, 2.05) is 60.7 Å². The summed E-state index contributed by atoms with van der Waals surface area (Å²) in [6, 6.07) is 41.1. The Kier molecular flexibility index (Phi) is 13.5. The minimum atomic E-state index is -0.499. The molecule has 1 saturated carbocycles. The largest absolute Gasteiger partial charge is 0.493 e. The van der Waals surface area contributed by atoms with Crippen molar-refractivity contribution >= 4 is 17.8 Å². The molecular formula is C46H47NO7. The number of ether oxygens (including phenoxy) is 4. The van der Waals surface area contributed by atoms with E-state index in [9.17, 15) is 14.4 Å². The maximum Gasteiger partial charge on any atom is 0.338 e. The Labute approximate surface area is 317 Å². The molecule has 0 bridgehead atoms. The molecule has 6 rings (SSSR count). The number of nitrogens with one attached hydrogen (secondary N) is 1. The van der Waals surface area contributed by atoms with Gasteiger partial charge in [-0.05, 0) is 104 Å². The molecular weight excluding hydrogens is 679 g/mol. The first-order chi connectivity index (χ1) is 26.4. The van der Waals surface area contributed by atoms with Crippen LogP contribution >= 0.6 is 0 Å². The van der Waals surface area contributed by atoms with E-state index in [1.54, 1.807) is 19.1 Å². The third-order valence-corrected chi connectivity index (χ3v) is 9.61. The molecule has 5 aromatic rings. The standard InChI is InChI=1S/C46H47NO7/c1-2-51-46(50)39-23-28-43(42(30-39)44(48)47-40-24-21-38(22-25-40)45(49)54-32-34-10-5-3-6-11-34)52-29-9-12-33-17-26-41(27-18-33)53-31-35-15-19-37(20-16-35)36-13-7-4-8-14-36/h3-8,10-11,13-20,23,26-28,30,38,40H,2,9,12,21-22,24-25,29,31-32H2,1H3,(H,47,48). The number of carbonyl (C=O) groups is 3. The lowest BCUT2D eigenvalue weighted by Crippen LogP contribution is -2.39. The first-order valence-electron chi connectivity index (χ1n) is 18.8. The Morgan fingerprint density at radius 2 is 1.30 bits per heavy atom. The van der Waals surface area contributed by atoms with Crippen LogP contribution in [0.2, 0.25) is 0 Å². The lowest BCUT2D eigenvalue weighted by atomic mass is 9.86. The van der Waals surface area contributed by atoms with Gasteiger partial charge in [0, 0.05) is 6.04 Å². The molecule has 1 aliphatic carbocycles. The van der Waals surface area contributed by atoms with E-state index in [4.69, 9.17) is 18.9 Å². The molecule has 0 unspecified atom stereocenters. The van der Waals surface area contributed by atoms with Crippen LogP contribution in [0.3, 0.4) is 0 Å². The van der Waals surface area contributed by atoms with Crippen LogP contribution in [-0.2, 0) is 33.9 Å². The number of benzene rings is 5. The van der Waals surface area contributed by atoms with Crippen LogP contribution in [0.1, 0.15) is 76.4 Å². The van der Waals surface area contributed by atoms with E-state index in [2.05, 4.69) is 53.8 Å². The van der Waals surface area contributed by atoms with E-state index < -0.39 is 5.97 Å². The fourth-order valence-corrected chi connectivity index (χ4v) is 6.56. The highest BCUT2D eigenvalue weighted by Crippen LogP contribution is 2.28. The third-order valence-electron chi connectivity index (χ3n) is 9.61. The Morgan fingerprint density at radius 1 is 0.648 bits per heavy atom. The molecule has 1 fully saturated rings. The van der Waals surface area contributed by atoms with Gasteiger partial charge in [0.15, 0.2) is 0 Å². The minimum absolute atomic E-state index is 0.109. The number of esters is 2. The molecule has 8 nitrogen and oxygen atoms in total. The van der Waals surface area contributed by atoms with E-state index >= 15 is 0 Å². The maximum atomic E-state index is 13.6. The van der Waals surface area contributed by atoms with Crippen molar-refractivity contribution in [3.8, 4) is 22.6 Å². The van der Waals surface area contributed by atoms with Crippen molar-refractivity contribution < 1.29 is 33.3 Å². The Morgan fingerprint density at radius 3 is 2.00 bits per heavy atom. The van der Waals surface area contributed by atoms with Crippen LogP contribution in [0.15, 0.2) is 127 Å². The van der Waals surface area contributed by atoms with Gasteiger partial charge >= 0.3 is 11.9 Å². The van der Waals surface area contributed by atoms with Crippen LogP contribution < -0.4 is 14.8 Å². The minimum Gasteiger partial charge on any atom is -0.493 e. The molecule has 278 valence electrons. The van der Waals surface area contributed by atoms with Gasteiger partial charge in [-0.2, -0.15) is 0 Å². The molecule has 0 radical (unpaired) electrons. The van der Waals surface area contributed by atoms with Gasteiger partial charge in [0.25, 0.3) is 5.91 Å². The summed E-state index contributed by atoms with van der Waals surface area (Å²) in [6.07, 6.45) is 4.05. The van der Waals surface area contributed by atoms with Gasteiger partial charge in [-0.25, -0.2) is 4.79 Å². The molecule has 0 spiro atoms. The summed E-state index contributed by atoms with van der Waals surface area (Å²) in [7, 11) is 0. The van der Waals surface area contributed by atoms with Crippen molar-refractivity contribution in [2.24, 2.45) is 5.92 Å². The molecule has 8 heteroatoms. The predicted molar refractivity (Wildman–Crippen MR) is 208 cm³/mol. The molecule has 1 aliphatic rings. The molecule has 1 amide bonds. The van der Waals surface area contributed by atoms with Gasteiger partial charge in [-0.15, -0.1) is 0 Å². The Bertz CT molecular complexity index is 1950. The Balaban J connectivity index is 0.970. The monoisotopic (exact) mass is 725 g/mol.